The highest BCUT2D eigenvalue weighted by Crippen LogP contribution is 2.30. The van der Waals surface area contributed by atoms with Crippen LogP contribution in [0.1, 0.15) is 29.0 Å². The zero-order chi connectivity index (χ0) is 30.6. The summed E-state index contributed by atoms with van der Waals surface area (Å²) in [7, 11) is 1.29. The van der Waals surface area contributed by atoms with E-state index in [0.29, 0.717) is 25.3 Å². The lowest BCUT2D eigenvalue weighted by Gasteiger charge is -2.30. The van der Waals surface area contributed by atoms with E-state index in [0.717, 1.165) is 35.4 Å². The largest absolute Gasteiger partial charge is 0.492 e. The molecule has 2 amide bonds. The number of carbonyl (C=O) groups excluding carboxylic acids is 2. The van der Waals surface area contributed by atoms with Gasteiger partial charge in [0.15, 0.2) is 0 Å². The Morgan fingerprint density at radius 3 is 2.09 bits per heavy atom. The van der Waals surface area contributed by atoms with Crippen LogP contribution in [-0.4, -0.2) is 57.1 Å². The summed E-state index contributed by atoms with van der Waals surface area (Å²) in [6, 6.07) is 36.1. The van der Waals surface area contributed by atoms with Crippen molar-refractivity contribution in [3.63, 3.8) is 0 Å². The third-order valence-electron chi connectivity index (χ3n) is 7.76. The average Bonchev–Trinajstić information content (AvgIpc) is 3.08. The first-order valence-electron chi connectivity index (χ1n) is 15.0. The number of nitrogens with one attached hydrogen (secondary N) is 3. The van der Waals surface area contributed by atoms with Crippen molar-refractivity contribution < 1.29 is 23.8 Å². The van der Waals surface area contributed by atoms with Gasteiger partial charge < -0.3 is 30.2 Å². The molecule has 0 saturated carbocycles. The Hall–Kier alpha value is -4.66. The number of ether oxygens (including phenoxy) is 3. The lowest BCUT2D eigenvalue weighted by Crippen LogP contribution is -2.49. The Morgan fingerprint density at radius 1 is 0.864 bits per heavy atom. The molecule has 0 aliphatic carbocycles. The van der Waals surface area contributed by atoms with E-state index in [4.69, 9.17) is 14.2 Å². The van der Waals surface area contributed by atoms with Gasteiger partial charge in [-0.05, 0) is 47.7 Å². The number of aryl methyl sites for hydroxylation is 1. The fraction of sp³-hybridized carbons (Fsp3) is 0.278. The molecule has 1 heterocycles. The summed E-state index contributed by atoms with van der Waals surface area (Å²) in [6.45, 7) is 1.83. The number of methoxy groups -OCH3 is 1. The summed E-state index contributed by atoms with van der Waals surface area (Å²) in [5.74, 6) is 0.0690. The molecular weight excluding hydrogens is 554 g/mol. The molecule has 1 saturated heterocycles. The van der Waals surface area contributed by atoms with Gasteiger partial charge in [-0.1, -0.05) is 97.1 Å². The Labute approximate surface area is 258 Å². The van der Waals surface area contributed by atoms with E-state index in [1.54, 1.807) is 0 Å². The fourth-order valence-corrected chi connectivity index (χ4v) is 5.45. The summed E-state index contributed by atoms with van der Waals surface area (Å²) in [4.78, 5) is 26.5. The highest BCUT2D eigenvalue weighted by Gasteiger charge is 2.33. The van der Waals surface area contributed by atoms with Gasteiger partial charge in [-0.2, -0.15) is 0 Å². The van der Waals surface area contributed by atoms with Crippen LogP contribution in [0.4, 0.5) is 10.5 Å². The maximum absolute atomic E-state index is 14.0. The molecule has 0 radical (unpaired) electrons. The summed E-state index contributed by atoms with van der Waals surface area (Å²) in [5, 5.41) is 9.44. The van der Waals surface area contributed by atoms with Crippen LogP contribution >= 0.6 is 0 Å². The molecule has 3 N–H and O–H groups in total. The zero-order valence-electron chi connectivity index (χ0n) is 24.9. The number of hydrogen-bond acceptors (Lipinski definition) is 6. The number of rotatable bonds is 12. The summed E-state index contributed by atoms with van der Waals surface area (Å²) in [6.07, 6.45) is 0.863. The first-order valence-corrected chi connectivity index (χ1v) is 15.0. The lowest BCUT2D eigenvalue weighted by molar-refractivity contribution is -0.118. The van der Waals surface area contributed by atoms with Crippen molar-refractivity contribution in [3.05, 3.63) is 132 Å². The van der Waals surface area contributed by atoms with Gasteiger partial charge in [0.2, 0.25) is 5.91 Å². The van der Waals surface area contributed by atoms with Gasteiger partial charge in [-0.3, -0.25) is 4.79 Å². The number of anilines is 1. The minimum absolute atomic E-state index is 0.0426. The molecule has 1 aliphatic rings. The highest BCUT2D eigenvalue weighted by molar-refractivity contribution is 5.98. The maximum Gasteiger partial charge on any atom is 0.407 e. The smallest absolute Gasteiger partial charge is 0.407 e. The number of hydrogen-bond donors (Lipinski definition) is 3. The van der Waals surface area contributed by atoms with Crippen LogP contribution in [0.5, 0.6) is 5.75 Å². The van der Waals surface area contributed by atoms with Gasteiger partial charge in [0.1, 0.15) is 18.4 Å². The van der Waals surface area contributed by atoms with Crippen molar-refractivity contribution in [1.82, 2.24) is 10.6 Å². The predicted octanol–water partition coefficient (Wildman–Crippen LogP) is 5.55. The SMILES string of the molecule is COC(=O)NC(C(=O)Nc1ccccc1CC[C@@H]1CN[C@H](COc2ccccc2)CO1)C(c1ccccc1)c1ccccc1. The van der Waals surface area contributed by atoms with Crippen molar-refractivity contribution in [2.45, 2.75) is 36.9 Å². The molecule has 1 aliphatic heterocycles. The van der Waals surface area contributed by atoms with Crippen molar-refractivity contribution in [1.29, 1.82) is 0 Å². The minimum atomic E-state index is -0.929. The molecular formula is C36H39N3O5. The summed E-state index contributed by atoms with van der Waals surface area (Å²) >= 11 is 0. The van der Waals surface area contributed by atoms with Crippen molar-refractivity contribution in [2.75, 3.05) is 32.2 Å². The second kappa shape index (κ2) is 15.7. The van der Waals surface area contributed by atoms with E-state index in [9.17, 15) is 9.59 Å². The molecule has 8 heteroatoms. The third kappa shape index (κ3) is 8.46. The Balaban J connectivity index is 1.24. The van der Waals surface area contributed by atoms with Gasteiger partial charge in [0, 0.05) is 18.2 Å². The Bertz CT molecular complexity index is 1420. The van der Waals surface area contributed by atoms with Gasteiger partial charge in [0.05, 0.1) is 25.9 Å². The number of carbonyl (C=O) groups is 2. The summed E-state index contributed by atoms with van der Waals surface area (Å²) in [5.41, 5.74) is 3.50. The van der Waals surface area contributed by atoms with Crippen LogP contribution in [0.25, 0.3) is 0 Å². The third-order valence-corrected chi connectivity index (χ3v) is 7.76. The number of benzene rings is 4. The number of amides is 2. The van der Waals surface area contributed by atoms with Gasteiger partial charge in [-0.25, -0.2) is 4.79 Å². The van der Waals surface area contributed by atoms with Crippen molar-refractivity contribution >= 4 is 17.7 Å². The van der Waals surface area contributed by atoms with Crippen LogP contribution < -0.4 is 20.7 Å². The molecule has 3 atom stereocenters. The van der Waals surface area contributed by atoms with E-state index in [1.807, 2.05) is 115 Å². The first kappa shape index (κ1) is 30.8. The van der Waals surface area contributed by atoms with Crippen LogP contribution in [0.3, 0.4) is 0 Å². The topological polar surface area (TPSA) is 97.9 Å². The number of para-hydroxylation sites is 2. The molecule has 8 nitrogen and oxygen atoms in total. The number of morpholine rings is 1. The van der Waals surface area contributed by atoms with Crippen LogP contribution in [0.15, 0.2) is 115 Å². The number of alkyl carbamates (subject to hydrolysis) is 1. The van der Waals surface area contributed by atoms with E-state index in [2.05, 4.69) is 16.0 Å². The molecule has 1 unspecified atom stereocenters. The van der Waals surface area contributed by atoms with Gasteiger partial charge in [-0.15, -0.1) is 0 Å². The maximum atomic E-state index is 14.0. The first-order chi connectivity index (χ1) is 21.6. The molecule has 4 aromatic rings. The zero-order valence-corrected chi connectivity index (χ0v) is 24.9. The molecule has 4 aromatic carbocycles. The molecule has 44 heavy (non-hydrogen) atoms. The fourth-order valence-electron chi connectivity index (χ4n) is 5.45. The lowest BCUT2D eigenvalue weighted by atomic mass is 9.84. The van der Waals surface area contributed by atoms with E-state index in [1.165, 1.54) is 7.11 Å². The normalized spacial score (nSPS) is 17.0. The monoisotopic (exact) mass is 593 g/mol. The van der Waals surface area contributed by atoms with Gasteiger partial charge in [0.25, 0.3) is 0 Å². The van der Waals surface area contributed by atoms with E-state index >= 15 is 0 Å². The van der Waals surface area contributed by atoms with Crippen LogP contribution in [-0.2, 0) is 20.7 Å². The van der Waals surface area contributed by atoms with E-state index < -0.39 is 18.1 Å². The standard InChI is InChI=1S/C36H39N3O5/c1-42-36(41)39-34(33(27-14-5-2-6-15-27)28-16-7-3-8-17-28)35(40)38-32-20-12-11-13-26(32)21-22-31-23-37-29(25-44-31)24-43-30-18-9-4-10-19-30/h2-20,29,31,33-34,37H,21-25H2,1H3,(H,38,40)(H,39,41)/t29-,31-,34?/m1/s1. The van der Waals surface area contributed by atoms with Crippen molar-refractivity contribution in [2.24, 2.45) is 0 Å². The Kier molecular flexibility index (Phi) is 11.0. The summed E-state index contributed by atoms with van der Waals surface area (Å²) < 4.78 is 16.9. The molecule has 0 aromatic heterocycles. The molecule has 0 bridgehead atoms. The Morgan fingerprint density at radius 2 is 1.48 bits per heavy atom. The molecule has 5 rings (SSSR count). The highest BCUT2D eigenvalue weighted by atomic mass is 16.5. The van der Waals surface area contributed by atoms with Crippen LogP contribution in [0, 0.1) is 0 Å². The molecule has 228 valence electrons. The van der Waals surface area contributed by atoms with Gasteiger partial charge >= 0.3 is 6.09 Å². The predicted molar refractivity (Wildman–Crippen MR) is 171 cm³/mol. The quantitative estimate of drug-likeness (QED) is 0.199. The second-order valence-corrected chi connectivity index (χ2v) is 10.8. The van der Waals surface area contributed by atoms with Crippen LogP contribution in [0.2, 0.25) is 0 Å². The average molecular weight is 594 g/mol. The van der Waals surface area contributed by atoms with Crippen molar-refractivity contribution in [3.8, 4) is 5.75 Å². The molecule has 1 fully saturated rings. The second-order valence-electron chi connectivity index (χ2n) is 10.8. The van der Waals surface area contributed by atoms with E-state index in [-0.39, 0.29) is 18.1 Å². The minimum Gasteiger partial charge on any atom is -0.492 e. The molecule has 0 spiro atoms.